The molecule has 1 aromatic rings. The number of aliphatic carboxylic acids is 1. The van der Waals surface area contributed by atoms with Crippen LogP contribution in [0.1, 0.15) is 13.3 Å². The lowest BCUT2D eigenvalue weighted by atomic mass is 10.1. The monoisotopic (exact) mass is 290 g/mol. The molecule has 0 heterocycles. The van der Waals surface area contributed by atoms with Crippen LogP contribution in [0, 0.1) is 23.4 Å². The molecule has 0 aliphatic rings. The molecule has 0 saturated heterocycles. The summed E-state index contributed by atoms with van der Waals surface area (Å²) in [5.74, 6) is -5.76. The molecule has 0 aromatic heterocycles. The number of carbonyl (C=O) groups is 2. The summed E-state index contributed by atoms with van der Waals surface area (Å²) in [7, 11) is 0. The van der Waals surface area contributed by atoms with E-state index in [1.807, 2.05) is 0 Å². The number of rotatable bonds is 5. The smallest absolute Gasteiger partial charge is 0.319 e. The van der Waals surface area contributed by atoms with E-state index in [1.165, 1.54) is 0 Å². The van der Waals surface area contributed by atoms with E-state index in [1.54, 1.807) is 6.92 Å². The lowest BCUT2D eigenvalue weighted by Gasteiger charge is -2.11. The molecule has 0 aliphatic carbocycles. The first-order valence-electron chi connectivity index (χ1n) is 5.70. The number of halogens is 3. The summed E-state index contributed by atoms with van der Waals surface area (Å²) < 4.78 is 38.5. The average Bonchev–Trinajstić information content (AvgIpc) is 2.32. The van der Waals surface area contributed by atoms with Gasteiger partial charge >= 0.3 is 12.0 Å². The molecular formula is C12H13F3N2O3. The van der Waals surface area contributed by atoms with Crippen LogP contribution in [0.5, 0.6) is 0 Å². The normalized spacial score (nSPS) is 11.8. The second-order valence-corrected chi connectivity index (χ2v) is 4.29. The molecule has 1 rings (SSSR count). The summed E-state index contributed by atoms with van der Waals surface area (Å²) in [5.41, 5.74) is -0.246. The van der Waals surface area contributed by atoms with Crippen LogP contribution in [0.15, 0.2) is 12.1 Å². The number of hydrogen-bond donors (Lipinski definition) is 3. The highest BCUT2D eigenvalue weighted by atomic mass is 19.2. The van der Waals surface area contributed by atoms with Gasteiger partial charge in [-0.05, 0) is 5.92 Å². The van der Waals surface area contributed by atoms with Crippen LogP contribution < -0.4 is 10.6 Å². The fourth-order valence-electron chi connectivity index (χ4n) is 1.44. The first-order valence-corrected chi connectivity index (χ1v) is 5.70. The van der Waals surface area contributed by atoms with Crippen LogP contribution in [0.3, 0.4) is 0 Å². The summed E-state index contributed by atoms with van der Waals surface area (Å²) in [5, 5.41) is 13.0. The van der Waals surface area contributed by atoms with Gasteiger partial charge in [0.2, 0.25) is 0 Å². The highest BCUT2D eigenvalue weighted by Gasteiger charge is 2.13. The highest BCUT2D eigenvalue weighted by molar-refractivity contribution is 5.89. The van der Waals surface area contributed by atoms with Crippen LogP contribution >= 0.6 is 0 Å². The van der Waals surface area contributed by atoms with Gasteiger partial charge in [0, 0.05) is 30.8 Å². The predicted octanol–water partition coefficient (Wildman–Crippen LogP) is 2.34. The Balaban J connectivity index is 2.53. The number of amides is 2. The van der Waals surface area contributed by atoms with E-state index in [0.29, 0.717) is 12.1 Å². The first kappa shape index (κ1) is 15.8. The summed E-state index contributed by atoms with van der Waals surface area (Å²) >= 11 is 0. The Bertz CT molecular complexity index is 500. The molecule has 1 unspecified atom stereocenters. The van der Waals surface area contributed by atoms with E-state index in [4.69, 9.17) is 5.11 Å². The van der Waals surface area contributed by atoms with Crippen molar-refractivity contribution in [3.8, 4) is 0 Å². The average molecular weight is 290 g/mol. The fourth-order valence-corrected chi connectivity index (χ4v) is 1.44. The van der Waals surface area contributed by atoms with Crippen molar-refractivity contribution < 1.29 is 27.9 Å². The lowest BCUT2D eigenvalue weighted by molar-refractivity contribution is -0.137. The van der Waals surface area contributed by atoms with Gasteiger partial charge in [-0.1, -0.05) is 6.92 Å². The van der Waals surface area contributed by atoms with Crippen molar-refractivity contribution in [1.29, 1.82) is 0 Å². The summed E-state index contributed by atoms with van der Waals surface area (Å²) in [6.07, 6.45) is -0.125. The third-order valence-corrected chi connectivity index (χ3v) is 2.38. The lowest BCUT2D eigenvalue weighted by Crippen LogP contribution is -2.33. The third kappa shape index (κ3) is 4.79. The van der Waals surface area contributed by atoms with Crippen LogP contribution in [0.25, 0.3) is 0 Å². The molecule has 2 amide bonds. The van der Waals surface area contributed by atoms with Crippen LogP contribution in [0.2, 0.25) is 0 Å². The van der Waals surface area contributed by atoms with E-state index in [0.717, 1.165) is 0 Å². The highest BCUT2D eigenvalue weighted by Crippen LogP contribution is 2.17. The van der Waals surface area contributed by atoms with Gasteiger partial charge in [0.15, 0.2) is 17.5 Å². The van der Waals surface area contributed by atoms with Gasteiger partial charge in [0.25, 0.3) is 0 Å². The molecule has 5 nitrogen and oxygen atoms in total. The number of benzene rings is 1. The van der Waals surface area contributed by atoms with Crippen molar-refractivity contribution in [2.24, 2.45) is 5.92 Å². The van der Waals surface area contributed by atoms with Gasteiger partial charge in [-0.25, -0.2) is 18.0 Å². The second kappa shape index (κ2) is 6.78. The van der Waals surface area contributed by atoms with Gasteiger partial charge in [-0.2, -0.15) is 0 Å². The molecule has 0 radical (unpaired) electrons. The first-order chi connectivity index (χ1) is 9.29. The molecular weight excluding hydrogens is 277 g/mol. The van der Waals surface area contributed by atoms with E-state index in [9.17, 15) is 22.8 Å². The zero-order chi connectivity index (χ0) is 15.3. The number of anilines is 1. The van der Waals surface area contributed by atoms with Crippen LogP contribution in [-0.2, 0) is 4.79 Å². The molecule has 20 heavy (non-hydrogen) atoms. The van der Waals surface area contributed by atoms with Crippen molar-refractivity contribution >= 4 is 17.7 Å². The minimum atomic E-state index is -1.62. The minimum absolute atomic E-state index is 0.0737. The molecule has 0 saturated carbocycles. The van der Waals surface area contributed by atoms with Gasteiger partial charge in [0.05, 0.1) is 0 Å². The number of carboxylic acids is 1. The zero-order valence-corrected chi connectivity index (χ0v) is 10.5. The van der Waals surface area contributed by atoms with E-state index in [2.05, 4.69) is 10.6 Å². The Morgan fingerprint density at radius 2 is 1.80 bits per heavy atom. The summed E-state index contributed by atoms with van der Waals surface area (Å²) in [6, 6.07) is 0.504. The third-order valence-electron chi connectivity index (χ3n) is 2.38. The zero-order valence-electron chi connectivity index (χ0n) is 10.5. The molecule has 1 aromatic carbocycles. The molecule has 0 aliphatic heterocycles. The maximum atomic E-state index is 12.9. The maximum Gasteiger partial charge on any atom is 0.319 e. The van der Waals surface area contributed by atoms with Gasteiger partial charge in [-0.15, -0.1) is 0 Å². The number of hydrogen-bond acceptors (Lipinski definition) is 2. The molecule has 8 heteroatoms. The number of carbonyl (C=O) groups excluding carboxylic acids is 1. The second-order valence-electron chi connectivity index (χ2n) is 4.29. The van der Waals surface area contributed by atoms with Gasteiger partial charge < -0.3 is 15.7 Å². The topological polar surface area (TPSA) is 78.4 Å². The fraction of sp³-hybridized carbons (Fsp3) is 0.333. The SMILES string of the molecule is CC(CNC(=O)Nc1cc(F)c(F)c(F)c1)CC(=O)O. The number of nitrogens with one attached hydrogen (secondary N) is 2. The van der Waals surface area contributed by atoms with Crippen molar-refractivity contribution in [1.82, 2.24) is 5.32 Å². The van der Waals surface area contributed by atoms with Gasteiger partial charge in [0.1, 0.15) is 0 Å². The van der Waals surface area contributed by atoms with Crippen molar-refractivity contribution in [2.75, 3.05) is 11.9 Å². The Labute approximate surface area is 112 Å². The van der Waals surface area contributed by atoms with Crippen LogP contribution in [-0.4, -0.2) is 23.7 Å². The number of carboxylic acid groups (broad SMARTS) is 1. The Morgan fingerprint density at radius 3 is 2.30 bits per heavy atom. The quantitative estimate of drug-likeness (QED) is 0.728. The summed E-state index contributed by atoms with van der Waals surface area (Å²) in [4.78, 5) is 21.8. The van der Waals surface area contributed by atoms with Crippen LogP contribution in [0.4, 0.5) is 23.7 Å². The molecule has 1 atom stereocenters. The number of urea groups is 1. The molecule has 0 bridgehead atoms. The largest absolute Gasteiger partial charge is 0.481 e. The minimum Gasteiger partial charge on any atom is -0.481 e. The van der Waals surface area contributed by atoms with Crippen molar-refractivity contribution in [3.63, 3.8) is 0 Å². The van der Waals surface area contributed by atoms with E-state index < -0.39 is 29.5 Å². The molecule has 0 spiro atoms. The Morgan fingerprint density at radius 1 is 1.25 bits per heavy atom. The van der Waals surface area contributed by atoms with E-state index >= 15 is 0 Å². The molecule has 0 fully saturated rings. The Kier molecular flexibility index (Phi) is 5.36. The van der Waals surface area contributed by atoms with Crippen molar-refractivity contribution in [2.45, 2.75) is 13.3 Å². The molecule has 110 valence electrons. The van der Waals surface area contributed by atoms with Crippen molar-refractivity contribution in [3.05, 3.63) is 29.6 Å². The van der Waals surface area contributed by atoms with E-state index in [-0.39, 0.29) is 24.6 Å². The summed E-state index contributed by atoms with van der Waals surface area (Å²) in [6.45, 7) is 1.69. The molecule has 3 N–H and O–H groups in total. The Hall–Kier alpha value is -2.25. The maximum absolute atomic E-state index is 12.9. The standard InChI is InChI=1S/C12H13F3N2O3/c1-6(2-10(18)19)5-16-12(20)17-7-3-8(13)11(15)9(14)4-7/h3-4,6H,2,5H2,1H3,(H,18,19)(H2,16,17,20). The predicted molar refractivity (Wildman–Crippen MR) is 64.8 cm³/mol. The van der Waals surface area contributed by atoms with Gasteiger partial charge in [-0.3, -0.25) is 4.79 Å².